The van der Waals surface area contributed by atoms with Gasteiger partial charge in [0.15, 0.2) is 0 Å². The maximum absolute atomic E-state index is 13.0. The number of carbonyl (C=O) groups is 7. The number of hydrogen-bond acceptors (Lipinski definition) is 7. The molecule has 6 amide bonds. The minimum atomic E-state index is -5.23. The van der Waals surface area contributed by atoms with Gasteiger partial charge in [-0.05, 0) is 18.8 Å². The number of ketones is 1. The van der Waals surface area contributed by atoms with Crippen molar-refractivity contribution in [2.45, 2.75) is 65.3 Å². The SMILES string of the molecule is CC(=O)NC[C@@H](C(=O)N[C@H](C(=O)N[C@@H](CC(N)=O)C(=O)NC(C)C(=O)C(F)(F)F)C(C)C)C(C)CNC=O. The highest BCUT2D eigenvalue weighted by Crippen LogP contribution is 2.18. The molecule has 7 N–H and O–H groups in total. The van der Waals surface area contributed by atoms with Crippen molar-refractivity contribution in [3.8, 4) is 0 Å². The number of nitrogens with one attached hydrogen (secondary N) is 5. The van der Waals surface area contributed by atoms with E-state index in [2.05, 4.69) is 21.3 Å². The molecule has 0 heterocycles. The molecule has 0 aliphatic rings. The van der Waals surface area contributed by atoms with Crippen LogP contribution in [0.1, 0.15) is 41.0 Å². The zero-order chi connectivity index (χ0) is 29.8. The predicted molar refractivity (Wildman–Crippen MR) is 127 cm³/mol. The van der Waals surface area contributed by atoms with Gasteiger partial charge in [-0.2, -0.15) is 13.2 Å². The fraction of sp³-hybridized carbons (Fsp3) is 0.682. The summed E-state index contributed by atoms with van der Waals surface area (Å²) >= 11 is 0. The van der Waals surface area contributed by atoms with Crippen LogP contribution in [-0.2, 0) is 33.6 Å². The quantitative estimate of drug-likeness (QED) is 0.122. The van der Waals surface area contributed by atoms with Gasteiger partial charge >= 0.3 is 6.18 Å². The Kier molecular flexibility index (Phi) is 14.0. The monoisotopic (exact) mass is 552 g/mol. The average Bonchev–Trinajstić information content (AvgIpc) is 2.78. The third-order valence-corrected chi connectivity index (χ3v) is 5.43. The second-order valence-corrected chi connectivity index (χ2v) is 9.10. The second-order valence-electron chi connectivity index (χ2n) is 9.10. The number of halogens is 3. The molecule has 16 heteroatoms. The highest BCUT2D eigenvalue weighted by Gasteiger charge is 2.43. The summed E-state index contributed by atoms with van der Waals surface area (Å²) in [6, 6.07) is -5.04. The summed E-state index contributed by atoms with van der Waals surface area (Å²) in [5, 5.41) is 11.4. The number of amides is 6. The van der Waals surface area contributed by atoms with Gasteiger partial charge in [-0.15, -0.1) is 0 Å². The number of alkyl halides is 3. The van der Waals surface area contributed by atoms with Crippen LogP contribution in [0.4, 0.5) is 13.2 Å². The molecule has 38 heavy (non-hydrogen) atoms. The van der Waals surface area contributed by atoms with Gasteiger partial charge < -0.3 is 32.3 Å². The number of carbonyl (C=O) groups excluding carboxylic acids is 7. The molecule has 0 rings (SSSR count). The Morgan fingerprint density at radius 1 is 0.868 bits per heavy atom. The summed E-state index contributed by atoms with van der Waals surface area (Å²) < 4.78 is 37.9. The molecule has 216 valence electrons. The molecule has 0 radical (unpaired) electrons. The first kappa shape index (κ1) is 34.3. The molecule has 0 saturated carbocycles. The lowest BCUT2D eigenvalue weighted by atomic mass is 9.91. The van der Waals surface area contributed by atoms with E-state index in [1.165, 1.54) is 6.92 Å². The molecule has 0 aliphatic heterocycles. The van der Waals surface area contributed by atoms with Crippen molar-refractivity contribution >= 4 is 41.7 Å². The Bertz CT molecular complexity index is 897. The highest BCUT2D eigenvalue weighted by molar-refractivity contribution is 5.97. The van der Waals surface area contributed by atoms with E-state index in [9.17, 15) is 46.7 Å². The molecule has 0 saturated heterocycles. The Labute approximate surface area is 217 Å². The molecule has 0 fully saturated rings. The van der Waals surface area contributed by atoms with Gasteiger partial charge in [0.25, 0.3) is 5.78 Å². The zero-order valence-corrected chi connectivity index (χ0v) is 21.7. The van der Waals surface area contributed by atoms with E-state index < -0.39 is 83.8 Å². The molecule has 5 atom stereocenters. The van der Waals surface area contributed by atoms with E-state index in [1.807, 2.05) is 0 Å². The molecule has 0 spiro atoms. The Morgan fingerprint density at radius 3 is 1.89 bits per heavy atom. The van der Waals surface area contributed by atoms with Gasteiger partial charge in [0.1, 0.15) is 12.1 Å². The van der Waals surface area contributed by atoms with Crippen LogP contribution in [0.2, 0.25) is 0 Å². The van der Waals surface area contributed by atoms with E-state index in [1.54, 1.807) is 26.1 Å². The molecular formula is C22H35F3N6O7. The first-order valence-electron chi connectivity index (χ1n) is 11.6. The molecule has 0 aromatic carbocycles. The Balaban J connectivity index is 5.73. The van der Waals surface area contributed by atoms with Crippen LogP contribution in [0.15, 0.2) is 0 Å². The summed E-state index contributed by atoms with van der Waals surface area (Å²) in [4.78, 5) is 83.3. The molecule has 13 nitrogen and oxygen atoms in total. The van der Waals surface area contributed by atoms with Gasteiger partial charge in [0.05, 0.1) is 18.4 Å². The number of rotatable bonds is 16. The van der Waals surface area contributed by atoms with Crippen molar-refractivity contribution in [3.05, 3.63) is 0 Å². The van der Waals surface area contributed by atoms with Crippen LogP contribution >= 0.6 is 0 Å². The minimum Gasteiger partial charge on any atom is -0.370 e. The van der Waals surface area contributed by atoms with Crippen molar-refractivity contribution in [2.24, 2.45) is 23.5 Å². The van der Waals surface area contributed by atoms with Gasteiger partial charge in [-0.25, -0.2) is 0 Å². The molecule has 2 unspecified atom stereocenters. The molecule has 0 aromatic heterocycles. The van der Waals surface area contributed by atoms with Crippen LogP contribution in [0.5, 0.6) is 0 Å². The summed E-state index contributed by atoms with van der Waals surface area (Å²) in [5.74, 6) is -8.59. The Morgan fingerprint density at radius 2 is 1.45 bits per heavy atom. The first-order valence-corrected chi connectivity index (χ1v) is 11.6. The molecule has 0 bridgehead atoms. The van der Waals surface area contributed by atoms with Crippen molar-refractivity contribution < 1.29 is 46.7 Å². The van der Waals surface area contributed by atoms with Crippen molar-refractivity contribution in [2.75, 3.05) is 13.1 Å². The molecule has 0 aromatic rings. The fourth-order valence-corrected chi connectivity index (χ4v) is 3.27. The maximum Gasteiger partial charge on any atom is 0.452 e. The zero-order valence-electron chi connectivity index (χ0n) is 21.7. The van der Waals surface area contributed by atoms with Gasteiger partial charge in [0, 0.05) is 20.0 Å². The molecular weight excluding hydrogens is 517 g/mol. The second kappa shape index (κ2) is 15.5. The highest BCUT2D eigenvalue weighted by atomic mass is 19.4. The maximum atomic E-state index is 13.0. The summed E-state index contributed by atoms with van der Waals surface area (Å²) in [5.41, 5.74) is 5.10. The summed E-state index contributed by atoms with van der Waals surface area (Å²) in [6.45, 7) is 6.71. The predicted octanol–water partition coefficient (Wildman–Crippen LogP) is -1.74. The van der Waals surface area contributed by atoms with E-state index in [-0.39, 0.29) is 13.1 Å². The van der Waals surface area contributed by atoms with Crippen molar-refractivity contribution in [1.29, 1.82) is 0 Å². The minimum absolute atomic E-state index is 0.0788. The van der Waals surface area contributed by atoms with E-state index >= 15 is 0 Å². The van der Waals surface area contributed by atoms with Crippen LogP contribution in [0, 0.1) is 17.8 Å². The number of primary amides is 1. The van der Waals surface area contributed by atoms with Crippen molar-refractivity contribution in [1.82, 2.24) is 26.6 Å². The number of hydrogen-bond donors (Lipinski definition) is 6. The van der Waals surface area contributed by atoms with Crippen molar-refractivity contribution in [3.63, 3.8) is 0 Å². The van der Waals surface area contributed by atoms with E-state index in [0.29, 0.717) is 6.41 Å². The van der Waals surface area contributed by atoms with E-state index in [4.69, 9.17) is 5.73 Å². The lowest BCUT2D eigenvalue weighted by Gasteiger charge is -2.29. The van der Waals surface area contributed by atoms with Crippen LogP contribution in [-0.4, -0.2) is 79.1 Å². The largest absolute Gasteiger partial charge is 0.452 e. The number of nitrogens with two attached hydrogens (primary N) is 1. The summed E-state index contributed by atoms with van der Waals surface area (Å²) in [7, 11) is 0. The third kappa shape index (κ3) is 12.0. The lowest BCUT2D eigenvalue weighted by Crippen LogP contribution is -2.59. The first-order chi connectivity index (χ1) is 17.4. The smallest absolute Gasteiger partial charge is 0.370 e. The molecule has 0 aliphatic carbocycles. The standard InChI is InChI=1S/C22H35F3N6O7/c1-10(2)17(31-19(36)14(8-28-13(5)33)11(3)7-27-9-32)21(38)30-15(6-16(26)34)20(37)29-12(4)18(35)22(23,24)25/h9-12,14-15,17H,6-8H2,1-5H3,(H2,26,34)(H,27,32)(H,28,33)(H,29,37)(H,30,38)(H,31,36)/t11?,12?,14-,15+,17+/m1/s1. The van der Waals surface area contributed by atoms with Crippen LogP contribution in [0.3, 0.4) is 0 Å². The normalized spacial score (nSPS) is 15.2. The number of Topliss-reactive ketones (excluding diaryl/α,β-unsaturated/α-hetero) is 1. The van der Waals surface area contributed by atoms with Crippen LogP contribution in [0.25, 0.3) is 0 Å². The van der Waals surface area contributed by atoms with Gasteiger partial charge in [0.2, 0.25) is 35.9 Å². The van der Waals surface area contributed by atoms with Gasteiger partial charge in [-0.1, -0.05) is 20.8 Å². The third-order valence-electron chi connectivity index (χ3n) is 5.43. The topological polar surface area (TPSA) is 206 Å². The Hall–Kier alpha value is -3.72. The lowest BCUT2D eigenvalue weighted by molar-refractivity contribution is -0.173. The summed E-state index contributed by atoms with van der Waals surface area (Å²) in [6.07, 6.45) is -5.60. The van der Waals surface area contributed by atoms with Crippen LogP contribution < -0.4 is 32.3 Å². The van der Waals surface area contributed by atoms with E-state index in [0.717, 1.165) is 6.92 Å². The van der Waals surface area contributed by atoms with Gasteiger partial charge in [-0.3, -0.25) is 33.6 Å². The average molecular weight is 553 g/mol. The fourth-order valence-electron chi connectivity index (χ4n) is 3.27.